The van der Waals surface area contributed by atoms with Crippen LogP contribution in [0.15, 0.2) is 12.1 Å². The molecule has 1 aromatic rings. The number of anilines is 1. The van der Waals surface area contributed by atoms with Crippen LogP contribution in [0.25, 0.3) is 0 Å². The topological polar surface area (TPSA) is 19.4 Å². The molecule has 0 aliphatic carbocycles. The number of nitrogens with zero attached hydrogens (tertiary/aromatic N) is 3. The first-order chi connectivity index (χ1) is 8.75. The van der Waals surface area contributed by atoms with E-state index in [4.69, 9.17) is 4.98 Å². The van der Waals surface area contributed by atoms with Crippen LogP contribution in [0.5, 0.6) is 0 Å². The maximum atomic E-state index is 4.83. The van der Waals surface area contributed by atoms with Crippen LogP contribution in [0.1, 0.15) is 43.0 Å². The van der Waals surface area contributed by atoms with E-state index in [9.17, 15) is 0 Å². The monoisotopic (exact) mass is 245 g/mol. The second-order valence-corrected chi connectivity index (χ2v) is 5.68. The summed E-state index contributed by atoms with van der Waals surface area (Å²) in [6, 6.07) is 5.12. The Morgan fingerprint density at radius 3 is 2.50 bits per heavy atom. The quantitative estimate of drug-likeness (QED) is 0.798. The van der Waals surface area contributed by atoms with E-state index < -0.39 is 0 Å². The summed E-state index contributed by atoms with van der Waals surface area (Å²) in [6.07, 6.45) is 5.22. The van der Waals surface area contributed by atoms with Gasteiger partial charge in [-0.3, -0.25) is 4.90 Å². The Morgan fingerprint density at radius 2 is 1.89 bits per heavy atom. The van der Waals surface area contributed by atoms with Crippen LogP contribution >= 0.6 is 0 Å². The Hall–Kier alpha value is -1.09. The van der Waals surface area contributed by atoms with Crippen LogP contribution in [-0.2, 0) is 0 Å². The lowest BCUT2D eigenvalue weighted by molar-refractivity contribution is 0.316. The third-order valence-electron chi connectivity index (χ3n) is 4.42. The molecule has 98 valence electrons. The number of rotatable bonds is 2. The highest BCUT2D eigenvalue weighted by molar-refractivity contribution is 5.43. The highest BCUT2D eigenvalue weighted by atomic mass is 15.2. The molecule has 2 fully saturated rings. The van der Waals surface area contributed by atoms with Crippen molar-refractivity contribution in [3.8, 4) is 0 Å². The summed E-state index contributed by atoms with van der Waals surface area (Å²) in [4.78, 5) is 9.70. The fourth-order valence-corrected chi connectivity index (χ4v) is 3.34. The fourth-order valence-electron chi connectivity index (χ4n) is 3.34. The van der Waals surface area contributed by atoms with Crippen LogP contribution in [0, 0.1) is 6.92 Å². The third-order valence-corrected chi connectivity index (χ3v) is 4.42. The lowest BCUT2D eigenvalue weighted by atomic mass is 10.0. The fraction of sp³-hybridized carbons (Fsp3) is 0.667. The molecule has 2 saturated heterocycles. The van der Waals surface area contributed by atoms with Gasteiger partial charge in [-0.25, -0.2) is 4.98 Å². The van der Waals surface area contributed by atoms with Gasteiger partial charge in [0.25, 0.3) is 0 Å². The molecular formula is C15H23N3. The molecular weight excluding hydrogens is 222 g/mol. The van der Waals surface area contributed by atoms with E-state index in [-0.39, 0.29) is 0 Å². The molecule has 1 atom stereocenters. The Bertz CT molecular complexity index is 424. The van der Waals surface area contributed by atoms with E-state index in [1.807, 2.05) is 0 Å². The first-order valence-corrected chi connectivity index (χ1v) is 7.18. The number of pyridine rings is 1. The van der Waals surface area contributed by atoms with Gasteiger partial charge in [0.1, 0.15) is 5.82 Å². The largest absolute Gasteiger partial charge is 0.357 e. The van der Waals surface area contributed by atoms with Crippen LogP contribution in [-0.4, -0.2) is 36.6 Å². The van der Waals surface area contributed by atoms with Crippen molar-refractivity contribution in [2.75, 3.05) is 31.6 Å². The standard InChI is InChI=1S/C15H23N3/c1-12-13(14-6-5-9-17(14)2)7-8-15(16-12)18-10-3-4-11-18/h7-8,14H,3-6,9-11H2,1-2H3. The summed E-state index contributed by atoms with van der Waals surface area (Å²) in [6.45, 7) is 5.74. The highest BCUT2D eigenvalue weighted by Crippen LogP contribution is 2.32. The number of hydrogen-bond donors (Lipinski definition) is 0. The van der Waals surface area contributed by atoms with Crippen LogP contribution < -0.4 is 4.90 Å². The summed E-state index contributed by atoms with van der Waals surface area (Å²) in [5, 5.41) is 0. The van der Waals surface area contributed by atoms with Crippen molar-refractivity contribution in [1.82, 2.24) is 9.88 Å². The van der Waals surface area contributed by atoms with Crippen molar-refractivity contribution in [1.29, 1.82) is 0 Å². The summed E-state index contributed by atoms with van der Waals surface area (Å²) in [5.41, 5.74) is 2.65. The van der Waals surface area contributed by atoms with Gasteiger partial charge in [-0.05, 0) is 57.8 Å². The van der Waals surface area contributed by atoms with Crippen LogP contribution in [0.3, 0.4) is 0 Å². The number of aromatic nitrogens is 1. The van der Waals surface area contributed by atoms with Gasteiger partial charge in [-0.1, -0.05) is 6.07 Å². The van der Waals surface area contributed by atoms with E-state index in [0.717, 1.165) is 0 Å². The van der Waals surface area contributed by atoms with Gasteiger partial charge in [0, 0.05) is 24.8 Å². The average Bonchev–Trinajstić information content (AvgIpc) is 3.00. The van der Waals surface area contributed by atoms with E-state index in [2.05, 4.69) is 35.9 Å². The number of aryl methyl sites for hydroxylation is 1. The van der Waals surface area contributed by atoms with Gasteiger partial charge in [-0.2, -0.15) is 0 Å². The molecule has 18 heavy (non-hydrogen) atoms. The predicted octanol–water partition coefficient (Wildman–Crippen LogP) is 2.76. The molecule has 0 aromatic carbocycles. The molecule has 3 nitrogen and oxygen atoms in total. The Kier molecular flexibility index (Phi) is 3.25. The van der Waals surface area contributed by atoms with Crippen LogP contribution in [0.2, 0.25) is 0 Å². The summed E-state index contributed by atoms with van der Waals surface area (Å²) in [5.74, 6) is 1.18. The van der Waals surface area contributed by atoms with Crippen molar-refractivity contribution in [3.05, 3.63) is 23.4 Å². The second-order valence-electron chi connectivity index (χ2n) is 5.68. The maximum absolute atomic E-state index is 4.83. The minimum atomic E-state index is 0.588. The molecule has 3 rings (SSSR count). The predicted molar refractivity (Wildman–Crippen MR) is 75.0 cm³/mol. The van der Waals surface area contributed by atoms with Gasteiger partial charge in [-0.15, -0.1) is 0 Å². The van der Waals surface area contributed by atoms with E-state index in [1.54, 1.807) is 0 Å². The molecule has 0 amide bonds. The molecule has 0 radical (unpaired) electrons. The maximum Gasteiger partial charge on any atom is 0.128 e. The SMILES string of the molecule is Cc1nc(N2CCCC2)ccc1C1CCCN1C. The molecule has 2 aliphatic heterocycles. The van der Waals surface area contributed by atoms with Crippen molar-refractivity contribution < 1.29 is 0 Å². The zero-order chi connectivity index (χ0) is 12.5. The first kappa shape index (κ1) is 12.0. The average molecular weight is 245 g/mol. The van der Waals surface area contributed by atoms with Gasteiger partial charge < -0.3 is 4.90 Å². The Morgan fingerprint density at radius 1 is 1.11 bits per heavy atom. The van der Waals surface area contributed by atoms with Crippen molar-refractivity contribution in [2.24, 2.45) is 0 Å². The van der Waals surface area contributed by atoms with Crippen molar-refractivity contribution in [3.63, 3.8) is 0 Å². The lowest BCUT2D eigenvalue weighted by Gasteiger charge is -2.23. The molecule has 3 heterocycles. The smallest absolute Gasteiger partial charge is 0.128 e. The minimum Gasteiger partial charge on any atom is -0.357 e. The first-order valence-electron chi connectivity index (χ1n) is 7.18. The van der Waals surface area contributed by atoms with E-state index >= 15 is 0 Å². The van der Waals surface area contributed by atoms with Crippen LogP contribution in [0.4, 0.5) is 5.82 Å². The highest BCUT2D eigenvalue weighted by Gasteiger charge is 2.25. The minimum absolute atomic E-state index is 0.588. The van der Waals surface area contributed by atoms with E-state index in [0.29, 0.717) is 6.04 Å². The normalized spacial score (nSPS) is 25.0. The molecule has 0 N–H and O–H groups in total. The zero-order valence-corrected chi connectivity index (χ0v) is 11.5. The molecule has 1 aromatic heterocycles. The number of hydrogen-bond acceptors (Lipinski definition) is 3. The molecule has 0 bridgehead atoms. The summed E-state index contributed by atoms with van der Waals surface area (Å²) >= 11 is 0. The zero-order valence-electron chi connectivity index (χ0n) is 11.5. The molecule has 2 aliphatic rings. The molecule has 3 heteroatoms. The van der Waals surface area contributed by atoms with Gasteiger partial charge in [0.2, 0.25) is 0 Å². The molecule has 1 unspecified atom stereocenters. The van der Waals surface area contributed by atoms with Crippen molar-refractivity contribution >= 4 is 5.82 Å². The number of likely N-dealkylation sites (tertiary alicyclic amines) is 1. The van der Waals surface area contributed by atoms with Gasteiger partial charge in [0.15, 0.2) is 0 Å². The second kappa shape index (κ2) is 4.88. The molecule has 0 saturated carbocycles. The van der Waals surface area contributed by atoms with Gasteiger partial charge >= 0.3 is 0 Å². The lowest BCUT2D eigenvalue weighted by Crippen LogP contribution is -2.21. The Balaban J connectivity index is 1.84. The Labute approximate surface area is 110 Å². The van der Waals surface area contributed by atoms with Gasteiger partial charge in [0.05, 0.1) is 0 Å². The third kappa shape index (κ3) is 2.12. The van der Waals surface area contributed by atoms with E-state index in [1.165, 1.54) is 62.4 Å². The van der Waals surface area contributed by atoms with Crippen molar-refractivity contribution in [2.45, 2.75) is 38.6 Å². The molecule has 0 spiro atoms. The summed E-state index contributed by atoms with van der Waals surface area (Å²) < 4.78 is 0. The summed E-state index contributed by atoms with van der Waals surface area (Å²) in [7, 11) is 2.23.